The summed E-state index contributed by atoms with van der Waals surface area (Å²) in [7, 11) is 0. The molecule has 3 heteroatoms. The van der Waals surface area contributed by atoms with E-state index in [1.807, 2.05) is 30.3 Å². The lowest BCUT2D eigenvalue weighted by Gasteiger charge is -2.40. The van der Waals surface area contributed by atoms with Gasteiger partial charge < -0.3 is 10.0 Å². The lowest BCUT2D eigenvalue weighted by Crippen LogP contribution is -2.40. The zero-order chi connectivity index (χ0) is 15.0. The predicted octanol–water partition coefficient (Wildman–Crippen LogP) is 4.16. The second-order valence-electron chi connectivity index (χ2n) is 6.67. The quantitative estimate of drug-likeness (QED) is 0.899. The summed E-state index contributed by atoms with van der Waals surface area (Å²) in [6, 6.07) is 11.5. The molecule has 0 aromatic heterocycles. The van der Waals surface area contributed by atoms with Crippen LogP contribution in [0.3, 0.4) is 0 Å². The Hall–Kier alpha value is -2.03. The molecule has 3 rings (SSSR count). The molecule has 1 N–H and O–H groups in total. The third-order valence-electron chi connectivity index (χ3n) is 4.37. The fourth-order valence-electron chi connectivity index (χ4n) is 3.37. The highest BCUT2D eigenvalue weighted by Gasteiger charge is 2.27. The van der Waals surface area contributed by atoms with Gasteiger partial charge in [-0.05, 0) is 35.8 Å². The number of fused-ring (bicyclic) bond motifs is 1. The van der Waals surface area contributed by atoms with Crippen LogP contribution >= 0.6 is 0 Å². The van der Waals surface area contributed by atoms with Gasteiger partial charge in [-0.2, -0.15) is 0 Å². The Morgan fingerprint density at radius 2 is 1.86 bits per heavy atom. The number of hydrogen-bond acceptors (Lipinski definition) is 2. The average Bonchev–Trinajstić information content (AvgIpc) is 2.44. The van der Waals surface area contributed by atoms with E-state index in [2.05, 4.69) is 18.7 Å². The van der Waals surface area contributed by atoms with E-state index in [0.29, 0.717) is 11.0 Å². The van der Waals surface area contributed by atoms with Gasteiger partial charge >= 0.3 is 5.97 Å². The second kappa shape index (κ2) is 5.06. The van der Waals surface area contributed by atoms with Gasteiger partial charge in [0.15, 0.2) is 0 Å². The van der Waals surface area contributed by atoms with Gasteiger partial charge in [0.25, 0.3) is 0 Å². The van der Waals surface area contributed by atoms with Crippen molar-refractivity contribution >= 4 is 22.4 Å². The third-order valence-corrected chi connectivity index (χ3v) is 4.37. The van der Waals surface area contributed by atoms with E-state index >= 15 is 0 Å². The van der Waals surface area contributed by atoms with Crippen molar-refractivity contribution < 1.29 is 9.90 Å². The number of piperidine rings is 1. The van der Waals surface area contributed by atoms with Crippen LogP contribution in [-0.2, 0) is 0 Å². The molecule has 1 saturated heterocycles. The third kappa shape index (κ3) is 2.60. The maximum atomic E-state index is 11.4. The standard InChI is InChI=1S/C18H21NO2/c1-18(2)10-5-11-19(12-18)16-9-8-15(17(20)21)13-6-3-4-7-14(13)16/h3-4,6-9H,5,10-12H2,1-2H3,(H,20,21). The molecule has 1 aliphatic rings. The molecule has 0 aliphatic carbocycles. The molecule has 110 valence electrons. The number of benzene rings is 2. The largest absolute Gasteiger partial charge is 0.478 e. The van der Waals surface area contributed by atoms with Gasteiger partial charge in [0, 0.05) is 24.2 Å². The lowest BCUT2D eigenvalue weighted by atomic mass is 9.83. The molecule has 1 aliphatic heterocycles. The van der Waals surface area contributed by atoms with Crippen molar-refractivity contribution in [2.45, 2.75) is 26.7 Å². The second-order valence-corrected chi connectivity index (χ2v) is 6.67. The Labute approximate surface area is 125 Å². The molecular weight excluding hydrogens is 262 g/mol. The predicted molar refractivity (Wildman–Crippen MR) is 86.1 cm³/mol. The summed E-state index contributed by atoms with van der Waals surface area (Å²) in [5.74, 6) is -0.864. The number of carboxylic acid groups (broad SMARTS) is 1. The Bertz CT molecular complexity index is 691. The minimum atomic E-state index is -0.864. The first kappa shape index (κ1) is 13.9. The van der Waals surface area contributed by atoms with Crippen molar-refractivity contribution in [1.29, 1.82) is 0 Å². The number of aromatic carboxylic acids is 1. The number of hydrogen-bond donors (Lipinski definition) is 1. The van der Waals surface area contributed by atoms with Crippen LogP contribution in [0.2, 0.25) is 0 Å². The Kier molecular flexibility index (Phi) is 3.36. The molecular formula is C18H21NO2. The molecule has 0 atom stereocenters. The molecule has 2 aromatic carbocycles. The summed E-state index contributed by atoms with van der Waals surface area (Å²) in [4.78, 5) is 13.8. The van der Waals surface area contributed by atoms with Gasteiger partial charge in [0.05, 0.1) is 5.56 Å². The fourth-order valence-corrected chi connectivity index (χ4v) is 3.37. The van der Waals surface area contributed by atoms with E-state index in [1.165, 1.54) is 12.8 Å². The van der Waals surface area contributed by atoms with Crippen LogP contribution in [0.4, 0.5) is 5.69 Å². The topological polar surface area (TPSA) is 40.5 Å². The zero-order valence-electron chi connectivity index (χ0n) is 12.6. The number of carboxylic acids is 1. The van der Waals surface area contributed by atoms with Crippen molar-refractivity contribution in [1.82, 2.24) is 0 Å². The molecule has 0 radical (unpaired) electrons. The smallest absolute Gasteiger partial charge is 0.336 e. The van der Waals surface area contributed by atoms with Gasteiger partial charge in [-0.25, -0.2) is 4.79 Å². The molecule has 2 aromatic rings. The average molecular weight is 283 g/mol. The van der Waals surface area contributed by atoms with Gasteiger partial charge in [0.1, 0.15) is 0 Å². The number of nitrogens with zero attached hydrogens (tertiary/aromatic N) is 1. The van der Waals surface area contributed by atoms with Crippen molar-refractivity contribution in [3.8, 4) is 0 Å². The normalized spacial score (nSPS) is 17.9. The molecule has 1 heterocycles. The van der Waals surface area contributed by atoms with Crippen LogP contribution in [0.25, 0.3) is 10.8 Å². The molecule has 0 unspecified atom stereocenters. The highest BCUT2D eigenvalue weighted by molar-refractivity contribution is 6.07. The van der Waals surface area contributed by atoms with Crippen molar-refractivity contribution in [2.24, 2.45) is 5.41 Å². The van der Waals surface area contributed by atoms with Crippen LogP contribution in [-0.4, -0.2) is 24.2 Å². The summed E-state index contributed by atoms with van der Waals surface area (Å²) >= 11 is 0. The van der Waals surface area contributed by atoms with E-state index in [1.54, 1.807) is 6.07 Å². The van der Waals surface area contributed by atoms with Gasteiger partial charge in [0.2, 0.25) is 0 Å². The van der Waals surface area contributed by atoms with Crippen molar-refractivity contribution in [3.05, 3.63) is 42.0 Å². The Morgan fingerprint density at radius 1 is 1.14 bits per heavy atom. The fraction of sp³-hybridized carbons (Fsp3) is 0.389. The van der Waals surface area contributed by atoms with E-state index in [0.717, 1.165) is 29.5 Å². The molecule has 0 amide bonds. The summed E-state index contributed by atoms with van der Waals surface area (Å²) in [5, 5.41) is 11.2. The molecule has 21 heavy (non-hydrogen) atoms. The summed E-state index contributed by atoms with van der Waals surface area (Å²) in [5.41, 5.74) is 1.85. The minimum absolute atomic E-state index is 0.310. The van der Waals surface area contributed by atoms with Crippen LogP contribution in [0.15, 0.2) is 36.4 Å². The maximum Gasteiger partial charge on any atom is 0.336 e. The molecule has 3 nitrogen and oxygen atoms in total. The van der Waals surface area contributed by atoms with E-state index < -0.39 is 5.97 Å². The SMILES string of the molecule is CC1(C)CCCN(c2ccc(C(=O)O)c3ccccc23)C1. The zero-order valence-corrected chi connectivity index (χ0v) is 12.6. The van der Waals surface area contributed by atoms with E-state index in [9.17, 15) is 9.90 Å². The molecule has 1 fully saturated rings. The lowest BCUT2D eigenvalue weighted by molar-refractivity contribution is 0.0699. The summed E-state index contributed by atoms with van der Waals surface area (Å²) in [6.45, 7) is 6.66. The Morgan fingerprint density at radius 3 is 2.52 bits per heavy atom. The van der Waals surface area contributed by atoms with Crippen LogP contribution in [0, 0.1) is 5.41 Å². The minimum Gasteiger partial charge on any atom is -0.478 e. The molecule has 0 bridgehead atoms. The van der Waals surface area contributed by atoms with E-state index in [-0.39, 0.29) is 0 Å². The highest BCUT2D eigenvalue weighted by Crippen LogP contribution is 2.36. The first-order valence-corrected chi connectivity index (χ1v) is 7.48. The maximum absolute atomic E-state index is 11.4. The van der Waals surface area contributed by atoms with Crippen LogP contribution in [0.1, 0.15) is 37.0 Å². The first-order valence-electron chi connectivity index (χ1n) is 7.48. The number of carbonyl (C=O) groups is 1. The van der Waals surface area contributed by atoms with Crippen molar-refractivity contribution in [2.75, 3.05) is 18.0 Å². The van der Waals surface area contributed by atoms with Gasteiger partial charge in [-0.15, -0.1) is 0 Å². The summed E-state index contributed by atoms with van der Waals surface area (Å²) in [6.07, 6.45) is 2.43. The highest BCUT2D eigenvalue weighted by atomic mass is 16.4. The van der Waals surface area contributed by atoms with Crippen LogP contribution in [0.5, 0.6) is 0 Å². The van der Waals surface area contributed by atoms with Gasteiger partial charge in [-0.3, -0.25) is 0 Å². The summed E-state index contributed by atoms with van der Waals surface area (Å²) < 4.78 is 0. The van der Waals surface area contributed by atoms with E-state index in [4.69, 9.17) is 0 Å². The first-order chi connectivity index (χ1) is 9.98. The Balaban J connectivity index is 2.12. The molecule has 0 spiro atoms. The number of anilines is 1. The van der Waals surface area contributed by atoms with Gasteiger partial charge in [-0.1, -0.05) is 38.1 Å². The monoisotopic (exact) mass is 283 g/mol. The van der Waals surface area contributed by atoms with Crippen molar-refractivity contribution in [3.63, 3.8) is 0 Å². The van der Waals surface area contributed by atoms with Crippen LogP contribution < -0.4 is 4.90 Å². The molecule has 0 saturated carbocycles. The number of rotatable bonds is 2.